The fraction of sp³-hybridized carbons (Fsp3) is 0.421. The van der Waals surface area contributed by atoms with Crippen molar-refractivity contribution in [3.05, 3.63) is 53.0 Å². The quantitative estimate of drug-likeness (QED) is 0.819. The third-order valence-electron chi connectivity index (χ3n) is 4.42. The molecular weight excluding hydrogens is 337 g/mol. The second-order valence-electron chi connectivity index (χ2n) is 6.46. The summed E-state index contributed by atoms with van der Waals surface area (Å²) >= 11 is 0. The standard InChI is InChI=1S/C19H22FN3O3/c1-12-5-7-13(8-6-12)16-4-2-3-14(26-16)11-21-17-9-15(19(24)25)22-18(10-20)23-17/h5-9,14,16H,2-4,10-11H2,1H3,(H,24,25)(H,21,22,23)/t14-,16+/m1/s1. The number of carbonyl (C=O) groups is 1. The minimum Gasteiger partial charge on any atom is -0.477 e. The Hall–Kier alpha value is -2.54. The molecule has 6 nitrogen and oxygen atoms in total. The van der Waals surface area contributed by atoms with E-state index in [-0.39, 0.29) is 23.7 Å². The second kappa shape index (κ2) is 8.23. The smallest absolute Gasteiger partial charge is 0.354 e. The molecule has 1 aliphatic heterocycles. The van der Waals surface area contributed by atoms with Gasteiger partial charge in [0, 0.05) is 12.6 Å². The number of benzene rings is 1. The van der Waals surface area contributed by atoms with Crippen LogP contribution in [-0.4, -0.2) is 33.7 Å². The highest BCUT2D eigenvalue weighted by Crippen LogP contribution is 2.31. The van der Waals surface area contributed by atoms with Crippen molar-refractivity contribution in [3.63, 3.8) is 0 Å². The number of ether oxygens (including phenoxy) is 1. The molecule has 0 unspecified atom stereocenters. The lowest BCUT2D eigenvalue weighted by molar-refractivity contribution is -0.0442. The fourth-order valence-electron chi connectivity index (χ4n) is 3.05. The van der Waals surface area contributed by atoms with Gasteiger partial charge in [-0.25, -0.2) is 19.2 Å². The van der Waals surface area contributed by atoms with Crippen molar-refractivity contribution >= 4 is 11.8 Å². The molecule has 1 aliphatic rings. The number of alkyl halides is 1. The van der Waals surface area contributed by atoms with Crippen molar-refractivity contribution in [2.24, 2.45) is 0 Å². The lowest BCUT2D eigenvalue weighted by Gasteiger charge is -2.30. The Morgan fingerprint density at radius 2 is 2.08 bits per heavy atom. The van der Waals surface area contributed by atoms with Gasteiger partial charge in [0.1, 0.15) is 12.5 Å². The van der Waals surface area contributed by atoms with E-state index in [1.165, 1.54) is 11.6 Å². The Labute approximate surface area is 151 Å². The number of halogens is 1. The largest absolute Gasteiger partial charge is 0.477 e. The predicted octanol–water partition coefficient (Wildman–Crippen LogP) is 3.68. The van der Waals surface area contributed by atoms with Crippen LogP contribution in [-0.2, 0) is 11.4 Å². The first-order chi connectivity index (χ1) is 12.5. The van der Waals surface area contributed by atoms with E-state index < -0.39 is 12.6 Å². The molecule has 1 aromatic heterocycles. The van der Waals surface area contributed by atoms with Crippen LogP contribution < -0.4 is 5.32 Å². The topological polar surface area (TPSA) is 84.3 Å². The van der Waals surface area contributed by atoms with Gasteiger partial charge in [0.25, 0.3) is 0 Å². The van der Waals surface area contributed by atoms with Crippen LogP contribution >= 0.6 is 0 Å². The van der Waals surface area contributed by atoms with Gasteiger partial charge in [-0.05, 0) is 31.7 Å². The van der Waals surface area contributed by atoms with E-state index in [1.807, 2.05) is 0 Å². The van der Waals surface area contributed by atoms with E-state index in [0.717, 1.165) is 24.8 Å². The van der Waals surface area contributed by atoms with Crippen molar-refractivity contribution in [2.75, 3.05) is 11.9 Å². The molecule has 0 aliphatic carbocycles. The molecule has 0 spiro atoms. The average Bonchev–Trinajstić information content (AvgIpc) is 2.67. The minimum absolute atomic E-state index is 0.0212. The first kappa shape index (κ1) is 18.3. The number of aromatic carboxylic acids is 1. The molecule has 0 saturated carbocycles. The van der Waals surface area contributed by atoms with Crippen molar-refractivity contribution in [2.45, 2.75) is 45.1 Å². The first-order valence-electron chi connectivity index (χ1n) is 8.68. The summed E-state index contributed by atoms with van der Waals surface area (Å²) in [6.07, 6.45) is 2.96. The third kappa shape index (κ3) is 4.54. The number of hydrogen-bond donors (Lipinski definition) is 2. The number of anilines is 1. The number of hydrogen-bond acceptors (Lipinski definition) is 5. The number of carboxylic acids is 1. The summed E-state index contributed by atoms with van der Waals surface area (Å²) in [4.78, 5) is 18.7. The van der Waals surface area contributed by atoms with Crippen LogP contribution in [0.25, 0.3) is 0 Å². The molecule has 3 rings (SSSR count). The van der Waals surface area contributed by atoms with Crippen molar-refractivity contribution < 1.29 is 19.0 Å². The molecule has 2 N–H and O–H groups in total. The molecule has 0 radical (unpaired) electrons. The Morgan fingerprint density at radius 3 is 2.77 bits per heavy atom. The molecule has 1 aromatic carbocycles. The van der Waals surface area contributed by atoms with Crippen LogP contribution in [0.5, 0.6) is 0 Å². The lowest BCUT2D eigenvalue weighted by atomic mass is 9.97. The highest BCUT2D eigenvalue weighted by Gasteiger charge is 2.23. The molecule has 138 valence electrons. The van der Waals surface area contributed by atoms with Crippen LogP contribution in [0.3, 0.4) is 0 Å². The molecule has 0 bridgehead atoms. The maximum atomic E-state index is 12.8. The third-order valence-corrected chi connectivity index (χ3v) is 4.42. The SMILES string of the molecule is Cc1ccc([C@@H]2CCC[C@H](CNc3cc(C(=O)O)nc(CF)n3)O2)cc1. The minimum atomic E-state index is -1.21. The summed E-state index contributed by atoms with van der Waals surface area (Å²) in [5.41, 5.74) is 2.15. The molecule has 7 heteroatoms. The Morgan fingerprint density at radius 1 is 1.31 bits per heavy atom. The molecule has 2 heterocycles. The van der Waals surface area contributed by atoms with Gasteiger partial charge in [0.2, 0.25) is 0 Å². The zero-order valence-corrected chi connectivity index (χ0v) is 14.6. The zero-order valence-electron chi connectivity index (χ0n) is 14.6. The number of carboxylic acid groups (broad SMARTS) is 1. The molecule has 2 aromatic rings. The summed E-state index contributed by atoms with van der Waals surface area (Å²) in [6, 6.07) is 9.64. The molecular formula is C19H22FN3O3. The van der Waals surface area contributed by atoms with Crippen molar-refractivity contribution in [1.29, 1.82) is 0 Å². The van der Waals surface area contributed by atoms with E-state index in [4.69, 9.17) is 9.84 Å². The van der Waals surface area contributed by atoms with Gasteiger partial charge in [-0.1, -0.05) is 29.8 Å². The Balaban J connectivity index is 1.63. The maximum Gasteiger partial charge on any atom is 0.354 e. The number of nitrogens with zero attached hydrogens (tertiary/aromatic N) is 2. The molecule has 2 atom stereocenters. The van der Waals surface area contributed by atoms with Crippen LogP contribution in [0, 0.1) is 6.92 Å². The molecule has 0 amide bonds. The normalized spacial score (nSPS) is 19.9. The summed E-state index contributed by atoms with van der Waals surface area (Å²) in [6.45, 7) is 1.62. The number of rotatable bonds is 6. The van der Waals surface area contributed by atoms with Gasteiger partial charge in [-0.2, -0.15) is 0 Å². The van der Waals surface area contributed by atoms with Crippen LogP contribution in [0.1, 0.15) is 52.8 Å². The predicted molar refractivity (Wildman–Crippen MR) is 94.9 cm³/mol. The Bertz CT molecular complexity index is 767. The van der Waals surface area contributed by atoms with E-state index in [0.29, 0.717) is 12.4 Å². The summed E-state index contributed by atoms with van der Waals surface area (Å²) in [5.74, 6) is -1.06. The van der Waals surface area contributed by atoms with Gasteiger partial charge in [0.05, 0.1) is 12.2 Å². The number of aryl methyl sites for hydroxylation is 1. The molecule has 1 saturated heterocycles. The van der Waals surface area contributed by atoms with Gasteiger partial charge in [-0.3, -0.25) is 0 Å². The van der Waals surface area contributed by atoms with Crippen molar-refractivity contribution in [1.82, 2.24) is 9.97 Å². The van der Waals surface area contributed by atoms with Crippen LogP contribution in [0.2, 0.25) is 0 Å². The fourth-order valence-corrected chi connectivity index (χ4v) is 3.05. The highest BCUT2D eigenvalue weighted by molar-refractivity contribution is 5.86. The van der Waals surface area contributed by atoms with Crippen molar-refractivity contribution in [3.8, 4) is 0 Å². The molecule has 1 fully saturated rings. The Kier molecular flexibility index (Phi) is 5.78. The summed E-state index contributed by atoms with van der Waals surface area (Å²) < 4.78 is 19.0. The van der Waals surface area contributed by atoms with E-state index in [9.17, 15) is 9.18 Å². The highest BCUT2D eigenvalue weighted by atomic mass is 19.1. The van der Waals surface area contributed by atoms with Gasteiger partial charge < -0.3 is 15.2 Å². The zero-order chi connectivity index (χ0) is 18.5. The maximum absolute atomic E-state index is 12.8. The summed E-state index contributed by atoms with van der Waals surface area (Å²) in [7, 11) is 0. The first-order valence-corrected chi connectivity index (χ1v) is 8.68. The molecule has 26 heavy (non-hydrogen) atoms. The van der Waals surface area contributed by atoms with Crippen LogP contribution in [0.15, 0.2) is 30.3 Å². The van der Waals surface area contributed by atoms with E-state index in [2.05, 4.69) is 46.5 Å². The monoisotopic (exact) mass is 359 g/mol. The van der Waals surface area contributed by atoms with Gasteiger partial charge in [-0.15, -0.1) is 0 Å². The van der Waals surface area contributed by atoms with Gasteiger partial charge >= 0.3 is 5.97 Å². The average molecular weight is 359 g/mol. The van der Waals surface area contributed by atoms with E-state index >= 15 is 0 Å². The van der Waals surface area contributed by atoms with Gasteiger partial charge in [0.15, 0.2) is 11.5 Å². The second-order valence-corrected chi connectivity index (χ2v) is 6.46. The number of nitrogens with one attached hydrogen (secondary N) is 1. The van der Waals surface area contributed by atoms with Crippen LogP contribution in [0.4, 0.5) is 10.2 Å². The van der Waals surface area contributed by atoms with E-state index in [1.54, 1.807) is 0 Å². The lowest BCUT2D eigenvalue weighted by Crippen LogP contribution is -2.29. The summed E-state index contributed by atoms with van der Waals surface area (Å²) in [5, 5.41) is 12.1. The number of aromatic nitrogens is 2.